The highest BCUT2D eigenvalue weighted by atomic mass is 16.5. The summed E-state index contributed by atoms with van der Waals surface area (Å²) in [5.74, 6) is -0.139. The SMILES string of the molecule is COCCCNC(=O)c1n[nH]c2c1CN(C(=O)Cc1ccccc1C)CC2. The van der Waals surface area contributed by atoms with Crippen molar-refractivity contribution in [3.8, 4) is 0 Å². The Bertz CT molecular complexity index is 815. The second kappa shape index (κ2) is 8.81. The van der Waals surface area contributed by atoms with Gasteiger partial charge in [-0.3, -0.25) is 14.7 Å². The van der Waals surface area contributed by atoms with Crippen molar-refractivity contribution < 1.29 is 14.3 Å². The third kappa shape index (κ3) is 4.54. The van der Waals surface area contributed by atoms with E-state index in [2.05, 4.69) is 15.5 Å². The van der Waals surface area contributed by atoms with Crippen LogP contribution in [-0.2, 0) is 28.9 Å². The van der Waals surface area contributed by atoms with Gasteiger partial charge in [-0.05, 0) is 24.5 Å². The van der Waals surface area contributed by atoms with Crippen molar-refractivity contribution in [2.45, 2.75) is 32.7 Å². The Labute approximate surface area is 159 Å². The molecule has 1 aliphatic heterocycles. The Morgan fingerprint density at radius 1 is 1.33 bits per heavy atom. The number of amides is 2. The Kier molecular flexibility index (Phi) is 6.24. The number of nitrogens with zero attached hydrogens (tertiary/aromatic N) is 2. The zero-order valence-electron chi connectivity index (χ0n) is 15.9. The summed E-state index contributed by atoms with van der Waals surface area (Å²) in [7, 11) is 1.63. The number of rotatable bonds is 7. The lowest BCUT2D eigenvalue weighted by Crippen LogP contribution is -2.38. The second-order valence-corrected chi connectivity index (χ2v) is 6.80. The first-order valence-corrected chi connectivity index (χ1v) is 9.25. The maximum absolute atomic E-state index is 12.8. The molecule has 2 amide bonds. The summed E-state index contributed by atoms with van der Waals surface area (Å²) in [5.41, 5.74) is 4.30. The van der Waals surface area contributed by atoms with Crippen LogP contribution in [0.1, 0.15) is 39.3 Å². The number of carbonyl (C=O) groups excluding carboxylic acids is 2. The largest absolute Gasteiger partial charge is 0.385 e. The van der Waals surface area contributed by atoms with Gasteiger partial charge in [-0.2, -0.15) is 5.10 Å². The molecule has 0 unspecified atom stereocenters. The molecule has 1 aliphatic rings. The minimum Gasteiger partial charge on any atom is -0.385 e. The van der Waals surface area contributed by atoms with Crippen LogP contribution < -0.4 is 5.32 Å². The van der Waals surface area contributed by atoms with Gasteiger partial charge in [0.05, 0.1) is 6.42 Å². The van der Waals surface area contributed by atoms with Gasteiger partial charge in [-0.25, -0.2) is 0 Å². The summed E-state index contributed by atoms with van der Waals surface area (Å²) < 4.78 is 4.99. The van der Waals surface area contributed by atoms with Crippen molar-refractivity contribution >= 4 is 11.8 Å². The van der Waals surface area contributed by atoms with E-state index >= 15 is 0 Å². The fourth-order valence-electron chi connectivity index (χ4n) is 3.28. The Balaban J connectivity index is 1.65. The van der Waals surface area contributed by atoms with Crippen LogP contribution in [0, 0.1) is 6.92 Å². The molecule has 0 saturated heterocycles. The number of hydrogen-bond acceptors (Lipinski definition) is 4. The average molecular weight is 370 g/mol. The molecular weight excluding hydrogens is 344 g/mol. The summed E-state index contributed by atoms with van der Waals surface area (Å²) in [6.45, 7) is 4.19. The number of carbonyl (C=O) groups is 2. The first-order valence-electron chi connectivity index (χ1n) is 9.25. The van der Waals surface area contributed by atoms with E-state index in [1.807, 2.05) is 36.1 Å². The van der Waals surface area contributed by atoms with E-state index in [0.29, 0.717) is 44.8 Å². The number of aryl methyl sites for hydroxylation is 1. The van der Waals surface area contributed by atoms with Crippen molar-refractivity contribution in [1.29, 1.82) is 0 Å². The number of ether oxygens (including phenoxy) is 1. The van der Waals surface area contributed by atoms with Crippen LogP contribution in [0.3, 0.4) is 0 Å². The quantitative estimate of drug-likeness (QED) is 0.725. The Morgan fingerprint density at radius 3 is 2.93 bits per heavy atom. The summed E-state index contributed by atoms with van der Waals surface area (Å²) in [6.07, 6.45) is 1.80. The van der Waals surface area contributed by atoms with Crippen LogP contribution >= 0.6 is 0 Å². The second-order valence-electron chi connectivity index (χ2n) is 6.80. The van der Waals surface area contributed by atoms with Gasteiger partial charge in [0.1, 0.15) is 0 Å². The third-order valence-electron chi connectivity index (χ3n) is 4.91. The van der Waals surface area contributed by atoms with Gasteiger partial charge in [0.25, 0.3) is 5.91 Å². The highest BCUT2D eigenvalue weighted by Gasteiger charge is 2.27. The maximum Gasteiger partial charge on any atom is 0.272 e. The highest BCUT2D eigenvalue weighted by Crippen LogP contribution is 2.21. The number of methoxy groups -OCH3 is 1. The Hall–Kier alpha value is -2.67. The molecule has 7 nitrogen and oxygen atoms in total. The predicted octanol–water partition coefficient (Wildman–Crippen LogP) is 1.61. The summed E-state index contributed by atoms with van der Waals surface area (Å²) >= 11 is 0. The molecule has 1 aromatic carbocycles. The van der Waals surface area contributed by atoms with Gasteiger partial charge in [0.15, 0.2) is 5.69 Å². The maximum atomic E-state index is 12.8. The van der Waals surface area contributed by atoms with Crippen LogP contribution in [0.4, 0.5) is 0 Å². The topological polar surface area (TPSA) is 87.3 Å². The van der Waals surface area contributed by atoms with Gasteiger partial charge in [0.2, 0.25) is 5.91 Å². The number of hydrogen-bond donors (Lipinski definition) is 2. The standard InChI is InChI=1S/C20H26N4O3/c1-14-6-3-4-7-15(14)12-18(25)24-10-8-17-16(13-24)19(23-22-17)20(26)21-9-5-11-27-2/h3-4,6-7H,5,8-13H2,1-2H3,(H,21,26)(H,22,23). The molecule has 0 aliphatic carbocycles. The van der Waals surface area contributed by atoms with Gasteiger partial charge >= 0.3 is 0 Å². The van der Waals surface area contributed by atoms with Gasteiger partial charge in [0, 0.05) is 51.0 Å². The monoisotopic (exact) mass is 370 g/mol. The molecule has 0 atom stereocenters. The lowest BCUT2D eigenvalue weighted by molar-refractivity contribution is -0.131. The molecule has 27 heavy (non-hydrogen) atoms. The summed E-state index contributed by atoms with van der Waals surface area (Å²) in [6, 6.07) is 7.92. The first kappa shape index (κ1) is 19.1. The summed E-state index contributed by atoms with van der Waals surface area (Å²) in [5, 5.41) is 9.99. The van der Waals surface area contributed by atoms with Gasteiger partial charge in [-0.15, -0.1) is 0 Å². The lowest BCUT2D eigenvalue weighted by atomic mass is 10.0. The molecule has 0 bridgehead atoms. The molecule has 144 valence electrons. The molecule has 7 heteroatoms. The Morgan fingerprint density at radius 2 is 2.15 bits per heavy atom. The number of aromatic nitrogens is 2. The van der Waals surface area contributed by atoms with Crippen LogP contribution in [0.15, 0.2) is 24.3 Å². The van der Waals surface area contributed by atoms with Gasteiger partial charge in [-0.1, -0.05) is 24.3 Å². The van der Waals surface area contributed by atoms with Crippen LogP contribution in [0.25, 0.3) is 0 Å². The minimum absolute atomic E-state index is 0.0719. The van der Waals surface area contributed by atoms with E-state index < -0.39 is 0 Å². The molecule has 2 heterocycles. The van der Waals surface area contributed by atoms with Crippen molar-refractivity contribution in [2.75, 3.05) is 26.8 Å². The fraction of sp³-hybridized carbons (Fsp3) is 0.450. The zero-order valence-corrected chi connectivity index (χ0v) is 15.9. The highest BCUT2D eigenvalue weighted by molar-refractivity contribution is 5.94. The number of benzene rings is 1. The predicted molar refractivity (Wildman–Crippen MR) is 101 cm³/mol. The van der Waals surface area contributed by atoms with Gasteiger partial charge < -0.3 is 15.0 Å². The fourth-order valence-corrected chi connectivity index (χ4v) is 3.28. The molecule has 2 aromatic rings. The van der Waals surface area contributed by atoms with E-state index in [1.54, 1.807) is 7.11 Å². The molecule has 0 saturated carbocycles. The molecular formula is C20H26N4O3. The molecule has 0 spiro atoms. The number of nitrogens with one attached hydrogen (secondary N) is 2. The van der Waals surface area contributed by atoms with Crippen molar-refractivity contribution in [3.63, 3.8) is 0 Å². The van der Waals surface area contributed by atoms with Crippen molar-refractivity contribution in [2.24, 2.45) is 0 Å². The van der Waals surface area contributed by atoms with Crippen molar-refractivity contribution in [1.82, 2.24) is 20.4 Å². The normalized spacial score (nSPS) is 13.3. The lowest BCUT2D eigenvalue weighted by Gasteiger charge is -2.27. The minimum atomic E-state index is -0.211. The smallest absolute Gasteiger partial charge is 0.272 e. The summed E-state index contributed by atoms with van der Waals surface area (Å²) in [4.78, 5) is 27.0. The number of aromatic amines is 1. The van der Waals surface area contributed by atoms with Crippen molar-refractivity contribution in [3.05, 3.63) is 52.3 Å². The van der Waals surface area contributed by atoms with E-state index in [1.165, 1.54) is 0 Å². The molecule has 0 radical (unpaired) electrons. The van der Waals surface area contributed by atoms with E-state index in [4.69, 9.17) is 4.74 Å². The van der Waals surface area contributed by atoms with E-state index in [9.17, 15) is 9.59 Å². The third-order valence-corrected chi connectivity index (χ3v) is 4.91. The van der Waals surface area contributed by atoms with Crippen LogP contribution in [0.5, 0.6) is 0 Å². The molecule has 2 N–H and O–H groups in total. The molecule has 1 aromatic heterocycles. The average Bonchev–Trinajstić information content (AvgIpc) is 3.10. The van der Waals surface area contributed by atoms with Crippen LogP contribution in [0.2, 0.25) is 0 Å². The van der Waals surface area contributed by atoms with Crippen LogP contribution in [-0.4, -0.2) is 53.7 Å². The molecule has 0 fully saturated rings. The zero-order chi connectivity index (χ0) is 19.2. The van der Waals surface area contributed by atoms with E-state index in [0.717, 1.165) is 28.8 Å². The molecule has 3 rings (SSSR count). The number of fused-ring (bicyclic) bond motifs is 1. The first-order chi connectivity index (χ1) is 13.1. The number of H-pyrrole nitrogens is 1. The van der Waals surface area contributed by atoms with E-state index in [-0.39, 0.29) is 11.8 Å².